The topological polar surface area (TPSA) is 74.2 Å². The molecule has 106 valence electrons. The van der Waals surface area contributed by atoms with Gasteiger partial charge in [0, 0.05) is 12.2 Å². The maximum atomic E-state index is 11.8. The highest BCUT2D eigenvalue weighted by atomic mass is 32.1. The lowest BCUT2D eigenvalue weighted by Crippen LogP contribution is -2.48. The summed E-state index contributed by atoms with van der Waals surface area (Å²) >= 11 is 1.60. The van der Waals surface area contributed by atoms with E-state index in [4.69, 9.17) is 0 Å². The second kappa shape index (κ2) is 5.03. The molecule has 1 aliphatic rings. The molecule has 3 rings (SSSR count). The number of hydrogen-bond acceptors (Lipinski definition) is 4. The van der Waals surface area contributed by atoms with E-state index >= 15 is 0 Å². The second-order valence-electron chi connectivity index (χ2n) is 5.30. The predicted octanol–water partition coefficient (Wildman–Crippen LogP) is 2.64. The van der Waals surface area contributed by atoms with E-state index in [0.29, 0.717) is 6.54 Å². The molecular formula is C14H17N3O2S. The molecule has 1 saturated carbocycles. The minimum absolute atomic E-state index is 0.286. The fourth-order valence-electron chi connectivity index (χ4n) is 2.30. The number of carbonyl (C=O) groups is 1. The molecule has 0 bridgehead atoms. The van der Waals surface area contributed by atoms with Gasteiger partial charge < -0.3 is 15.7 Å². The lowest BCUT2D eigenvalue weighted by molar-refractivity contribution is -0.0287. The minimum atomic E-state index is -0.698. The highest BCUT2D eigenvalue weighted by molar-refractivity contribution is 7.18. The van der Waals surface area contributed by atoms with E-state index in [0.717, 1.165) is 40.2 Å². The van der Waals surface area contributed by atoms with Crippen molar-refractivity contribution in [2.45, 2.75) is 31.8 Å². The first-order valence-electron chi connectivity index (χ1n) is 6.69. The van der Waals surface area contributed by atoms with Crippen LogP contribution in [0.25, 0.3) is 10.2 Å². The van der Waals surface area contributed by atoms with Gasteiger partial charge in [0.05, 0.1) is 20.8 Å². The molecule has 0 saturated heterocycles. The number of nitrogens with one attached hydrogen (secondary N) is 2. The molecule has 3 N–H and O–H groups in total. The van der Waals surface area contributed by atoms with Crippen molar-refractivity contribution in [2.24, 2.45) is 0 Å². The molecule has 5 nitrogen and oxygen atoms in total. The van der Waals surface area contributed by atoms with Crippen LogP contribution >= 0.6 is 11.3 Å². The highest BCUT2D eigenvalue weighted by Crippen LogP contribution is 2.30. The number of urea groups is 1. The Morgan fingerprint density at radius 3 is 3.00 bits per heavy atom. The van der Waals surface area contributed by atoms with Crippen LogP contribution in [0.1, 0.15) is 24.3 Å². The Bertz CT molecular complexity index is 649. The average Bonchev–Trinajstić information content (AvgIpc) is 2.73. The van der Waals surface area contributed by atoms with Crippen LogP contribution in [0.15, 0.2) is 18.2 Å². The van der Waals surface area contributed by atoms with Crippen LogP contribution in [0, 0.1) is 6.92 Å². The number of aromatic nitrogens is 1. The number of thiazole rings is 1. The Morgan fingerprint density at radius 2 is 2.30 bits per heavy atom. The third-order valence-corrected chi connectivity index (χ3v) is 4.55. The Labute approximate surface area is 121 Å². The zero-order valence-electron chi connectivity index (χ0n) is 11.3. The third-order valence-electron chi connectivity index (χ3n) is 3.62. The van der Waals surface area contributed by atoms with E-state index in [9.17, 15) is 9.90 Å². The van der Waals surface area contributed by atoms with Crippen LogP contribution in [0.5, 0.6) is 0 Å². The van der Waals surface area contributed by atoms with E-state index in [1.54, 1.807) is 11.3 Å². The summed E-state index contributed by atoms with van der Waals surface area (Å²) in [7, 11) is 0. The normalized spacial score (nSPS) is 16.7. The summed E-state index contributed by atoms with van der Waals surface area (Å²) in [5.74, 6) is 0. The van der Waals surface area contributed by atoms with E-state index in [1.807, 2.05) is 25.1 Å². The molecule has 0 atom stereocenters. The third kappa shape index (κ3) is 2.76. The van der Waals surface area contributed by atoms with Gasteiger partial charge in [-0.1, -0.05) is 0 Å². The predicted molar refractivity (Wildman–Crippen MR) is 80.2 cm³/mol. The van der Waals surface area contributed by atoms with E-state index in [-0.39, 0.29) is 6.03 Å². The zero-order chi connectivity index (χ0) is 14.2. The molecule has 0 unspecified atom stereocenters. The molecule has 1 aromatic heterocycles. The molecule has 2 aromatic rings. The fraction of sp³-hybridized carbons (Fsp3) is 0.429. The number of benzene rings is 1. The van der Waals surface area contributed by atoms with Crippen molar-refractivity contribution >= 4 is 33.3 Å². The summed E-state index contributed by atoms with van der Waals surface area (Å²) < 4.78 is 1.05. The largest absolute Gasteiger partial charge is 0.388 e. The summed E-state index contributed by atoms with van der Waals surface area (Å²) in [4.78, 5) is 16.2. The number of aliphatic hydroxyl groups is 1. The Morgan fingerprint density at radius 1 is 1.50 bits per heavy atom. The van der Waals surface area contributed by atoms with Crippen molar-refractivity contribution in [3.8, 4) is 0 Å². The number of nitrogens with zero attached hydrogens (tertiary/aromatic N) is 1. The van der Waals surface area contributed by atoms with Crippen LogP contribution in [0.3, 0.4) is 0 Å². The first-order chi connectivity index (χ1) is 9.54. The van der Waals surface area contributed by atoms with Gasteiger partial charge in [0.25, 0.3) is 0 Å². The smallest absolute Gasteiger partial charge is 0.319 e. The average molecular weight is 291 g/mol. The minimum Gasteiger partial charge on any atom is -0.388 e. The van der Waals surface area contributed by atoms with Gasteiger partial charge in [-0.15, -0.1) is 11.3 Å². The van der Waals surface area contributed by atoms with Gasteiger partial charge in [-0.25, -0.2) is 9.78 Å². The van der Waals surface area contributed by atoms with E-state index < -0.39 is 5.60 Å². The molecule has 20 heavy (non-hydrogen) atoms. The van der Waals surface area contributed by atoms with Crippen molar-refractivity contribution in [1.82, 2.24) is 10.3 Å². The monoisotopic (exact) mass is 291 g/mol. The van der Waals surface area contributed by atoms with Crippen LogP contribution in [-0.2, 0) is 0 Å². The number of carbonyl (C=O) groups excluding carboxylic acids is 1. The summed E-state index contributed by atoms with van der Waals surface area (Å²) in [6, 6.07) is 5.36. The molecule has 1 aromatic carbocycles. The molecule has 1 heterocycles. The number of fused-ring (bicyclic) bond motifs is 1. The molecule has 0 radical (unpaired) electrons. The number of amides is 2. The molecule has 0 spiro atoms. The Hall–Kier alpha value is -1.66. The first kappa shape index (κ1) is 13.3. The van der Waals surface area contributed by atoms with Crippen LogP contribution in [0.4, 0.5) is 10.5 Å². The maximum Gasteiger partial charge on any atom is 0.319 e. The summed E-state index contributed by atoms with van der Waals surface area (Å²) in [6.45, 7) is 2.27. The standard InChI is InChI=1S/C14H17N3O2S/c1-9-16-11-4-3-10(7-12(11)20-9)17-13(18)15-8-14(19)5-2-6-14/h3-4,7,19H,2,5-6,8H2,1H3,(H2,15,17,18). The molecule has 1 aliphatic carbocycles. The molecule has 6 heteroatoms. The lowest BCUT2D eigenvalue weighted by atomic mass is 9.80. The summed E-state index contributed by atoms with van der Waals surface area (Å²) in [6.07, 6.45) is 2.56. The zero-order valence-corrected chi connectivity index (χ0v) is 12.1. The second-order valence-corrected chi connectivity index (χ2v) is 6.54. The van der Waals surface area contributed by atoms with Gasteiger partial charge in [-0.3, -0.25) is 0 Å². The maximum absolute atomic E-state index is 11.8. The Kier molecular flexibility index (Phi) is 3.35. The van der Waals surface area contributed by atoms with Gasteiger partial charge in [0.2, 0.25) is 0 Å². The summed E-state index contributed by atoms with van der Waals surface area (Å²) in [5.41, 5.74) is 0.984. The van der Waals surface area contributed by atoms with Crippen molar-refractivity contribution in [2.75, 3.05) is 11.9 Å². The van der Waals surface area contributed by atoms with Crippen molar-refractivity contribution < 1.29 is 9.90 Å². The van der Waals surface area contributed by atoms with E-state index in [2.05, 4.69) is 15.6 Å². The molecular weight excluding hydrogens is 274 g/mol. The van der Waals surface area contributed by atoms with Crippen molar-refractivity contribution in [1.29, 1.82) is 0 Å². The number of anilines is 1. The van der Waals surface area contributed by atoms with Crippen molar-refractivity contribution in [3.63, 3.8) is 0 Å². The van der Waals surface area contributed by atoms with Gasteiger partial charge in [0.1, 0.15) is 0 Å². The lowest BCUT2D eigenvalue weighted by Gasteiger charge is -2.36. The molecule has 2 amide bonds. The van der Waals surface area contributed by atoms with Gasteiger partial charge >= 0.3 is 6.03 Å². The fourth-order valence-corrected chi connectivity index (χ4v) is 3.17. The molecule has 0 aliphatic heterocycles. The van der Waals surface area contributed by atoms with Gasteiger partial charge in [0.15, 0.2) is 0 Å². The number of hydrogen-bond donors (Lipinski definition) is 3. The first-order valence-corrected chi connectivity index (χ1v) is 7.50. The highest BCUT2D eigenvalue weighted by Gasteiger charge is 2.34. The van der Waals surface area contributed by atoms with Crippen LogP contribution in [0.2, 0.25) is 0 Å². The van der Waals surface area contributed by atoms with Crippen LogP contribution < -0.4 is 10.6 Å². The van der Waals surface area contributed by atoms with Crippen LogP contribution in [-0.4, -0.2) is 28.3 Å². The van der Waals surface area contributed by atoms with E-state index in [1.165, 1.54) is 0 Å². The van der Waals surface area contributed by atoms with Gasteiger partial charge in [-0.05, 0) is 44.4 Å². The SMILES string of the molecule is Cc1nc2ccc(NC(=O)NCC3(O)CCC3)cc2s1. The van der Waals surface area contributed by atoms with Crippen molar-refractivity contribution in [3.05, 3.63) is 23.2 Å². The molecule has 1 fully saturated rings. The number of aryl methyl sites for hydroxylation is 1. The summed E-state index contributed by atoms with van der Waals surface area (Å²) in [5, 5.41) is 16.4. The Balaban J connectivity index is 1.61. The quantitative estimate of drug-likeness (QED) is 0.814. The number of rotatable bonds is 3. The van der Waals surface area contributed by atoms with Gasteiger partial charge in [-0.2, -0.15) is 0 Å².